The van der Waals surface area contributed by atoms with Crippen LogP contribution in [0.15, 0.2) is 42.5 Å². The number of H-pyrrole nitrogens is 1. The van der Waals surface area contributed by atoms with Gasteiger partial charge in [-0.3, -0.25) is 9.59 Å². The van der Waals surface area contributed by atoms with E-state index >= 15 is 0 Å². The molecule has 3 rings (SSSR count). The number of fused-ring (bicyclic) bond motifs is 1. The maximum Gasteiger partial charge on any atom is 0.269 e. The van der Waals surface area contributed by atoms with Crippen LogP contribution in [0, 0.1) is 0 Å². The molecule has 128 valence electrons. The van der Waals surface area contributed by atoms with E-state index in [9.17, 15) is 9.59 Å². The Morgan fingerprint density at radius 3 is 2.68 bits per heavy atom. The zero-order valence-electron chi connectivity index (χ0n) is 13.3. The Morgan fingerprint density at radius 1 is 1.12 bits per heavy atom. The highest BCUT2D eigenvalue weighted by Gasteiger charge is 2.16. The Morgan fingerprint density at radius 2 is 1.92 bits per heavy atom. The fourth-order valence-corrected chi connectivity index (χ4v) is 2.98. The number of carbonyl (C=O) groups is 2. The lowest BCUT2D eigenvalue weighted by atomic mass is 10.2. The van der Waals surface area contributed by atoms with E-state index in [-0.39, 0.29) is 17.5 Å². The minimum atomic E-state index is -0.317. The lowest BCUT2D eigenvalue weighted by Gasteiger charge is -2.07. The Labute approximate surface area is 154 Å². The second-order valence-electron chi connectivity index (χ2n) is 5.57. The number of amides is 2. The van der Waals surface area contributed by atoms with E-state index < -0.39 is 0 Å². The molecule has 0 aliphatic heterocycles. The number of halogens is 2. The van der Waals surface area contributed by atoms with E-state index in [1.54, 1.807) is 30.3 Å². The maximum absolute atomic E-state index is 12.4. The third-order valence-electron chi connectivity index (χ3n) is 3.62. The summed E-state index contributed by atoms with van der Waals surface area (Å²) in [5.41, 5.74) is 2.57. The van der Waals surface area contributed by atoms with Crippen molar-refractivity contribution in [3.8, 4) is 0 Å². The molecule has 0 spiro atoms. The Balaban J connectivity index is 1.75. The van der Waals surface area contributed by atoms with Crippen molar-refractivity contribution < 1.29 is 9.59 Å². The zero-order valence-corrected chi connectivity index (χ0v) is 14.8. The number of carbonyl (C=O) groups excluding carboxylic acids is 2. The van der Waals surface area contributed by atoms with Gasteiger partial charge < -0.3 is 15.6 Å². The third kappa shape index (κ3) is 3.95. The molecule has 0 atom stereocenters. The summed E-state index contributed by atoms with van der Waals surface area (Å²) in [6.07, 6.45) is 0. The molecule has 3 N–H and O–H groups in total. The monoisotopic (exact) mass is 375 g/mol. The summed E-state index contributed by atoms with van der Waals surface area (Å²) < 4.78 is 0. The SMILES string of the molecule is CC(=O)Nc1cccc(CNC(=O)c2[nH]c3ccc(Cl)cc3c2Cl)c1. The largest absolute Gasteiger partial charge is 0.349 e. The first-order valence-electron chi connectivity index (χ1n) is 7.55. The van der Waals surface area contributed by atoms with Crippen LogP contribution in [0.25, 0.3) is 10.9 Å². The predicted octanol–water partition coefficient (Wildman–Crippen LogP) is 4.36. The second kappa shape index (κ2) is 7.17. The molecule has 0 aliphatic rings. The zero-order chi connectivity index (χ0) is 18.0. The number of benzene rings is 2. The first-order valence-corrected chi connectivity index (χ1v) is 8.31. The maximum atomic E-state index is 12.4. The van der Waals surface area contributed by atoms with Crippen molar-refractivity contribution >= 4 is 51.6 Å². The van der Waals surface area contributed by atoms with E-state index in [1.807, 2.05) is 12.1 Å². The molecule has 0 fully saturated rings. The molecule has 0 saturated heterocycles. The van der Waals surface area contributed by atoms with Gasteiger partial charge in [0.05, 0.1) is 5.02 Å². The van der Waals surface area contributed by atoms with Crippen molar-refractivity contribution in [2.75, 3.05) is 5.32 Å². The summed E-state index contributed by atoms with van der Waals surface area (Å²) in [5.74, 6) is -0.466. The van der Waals surface area contributed by atoms with Gasteiger partial charge in [0.1, 0.15) is 5.69 Å². The number of rotatable bonds is 4. The van der Waals surface area contributed by atoms with E-state index in [0.717, 1.165) is 11.1 Å². The number of nitrogens with one attached hydrogen (secondary N) is 3. The topological polar surface area (TPSA) is 74.0 Å². The number of anilines is 1. The molecule has 5 nitrogen and oxygen atoms in total. The number of hydrogen-bond donors (Lipinski definition) is 3. The molecule has 0 unspecified atom stereocenters. The summed E-state index contributed by atoms with van der Waals surface area (Å²) in [5, 5.41) is 7.10. The quantitative estimate of drug-likeness (QED) is 0.633. The molecule has 1 heterocycles. The average molecular weight is 376 g/mol. The highest BCUT2D eigenvalue weighted by Crippen LogP contribution is 2.29. The molecule has 2 amide bonds. The summed E-state index contributed by atoms with van der Waals surface area (Å²) in [7, 11) is 0. The average Bonchev–Trinajstić information content (AvgIpc) is 2.89. The Bertz CT molecular complexity index is 966. The van der Waals surface area contributed by atoms with Gasteiger partial charge in [0.2, 0.25) is 5.91 Å². The second-order valence-corrected chi connectivity index (χ2v) is 6.38. The van der Waals surface area contributed by atoms with Crippen molar-refractivity contribution in [3.05, 3.63) is 63.8 Å². The van der Waals surface area contributed by atoms with Crippen LogP contribution in [0.4, 0.5) is 5.69 Å². The number of aromatic nitrogens is 1. The molecule has 1 aromatic heterocycles. The molecule has 0 aliphatic carbocycles. The molecular weight excluding hydrogens is 361 g/mol. The number of hydrogen-bond acceptors (Lipinski definition) is 2. The molecule has 2 aromatic carbocycles. The van der Waals surface area contributed by atoms with Gasteiger partial charge in [-0.25, -0.2) is 0 Å². The molecule has 0 saturated carbocycles. The molecule has 0 bridgehead atoms. The van der Waals surface area contributed by atoms with E-state index in [0.29, 0.717) is 27.7 Å². The fourth-order valence-electron chi connectivity index (χ4n) is 2.52. The van der Waals surface area contributed by atoms with Crippen molar-refractivity contribution in [1.29, 1.82) is 0 Å². The van der Waals surface area contributed by atoms with Crippen LogP contribution in [0.5, 0.6) is 0 Å². The van der Waals surface area contributed by atoms with Crippen LogP contribution < -0.4 is 10.6 Å². The van der Waals surface area contributed by atoms with Gasteiger partial charge in [-0.15, -0.1) is 0 Å². The molecule has 3 aromatic rings. The van der Waals surface area contributed by atoms with Gasteiger partial charge in [-0.05, 0) is 35.9 Å². The van der Waals surface area contributed by atoms with Crippen LogP contribution in [-0.2, 0) is 11.3 Å². The molecule has 7 heteroatoms. The van der Waals surface area contributed by atoms with Gasteiger partial charge in [0, 0.05) is 35.1 Å². The normalized spacial score (nSPS) is 10.7. The Hall–Kier alpha value is -2.50. The van der Waals surface area contributed by atoms with Crippen molar-refractivity contribution in [2.45, 2.75) is 13.5 Å². The first kappa shape index (κ1) is 17.3. The summed E-state index contributed by atoms with van der Waals surface area (Å²) in [6, 6.07) is 12.5. The number of aromatic amines is 1. The summed E-state index contributed by atoms with van der Waals surface area (Å²) in [6.45, 7) is 1.75. The highest BCUT2D eigenvalue weighted by atomic mass is 35.5. The molecule has 0 radical (unpaired) electrons. The Kier molecular flexibility index (Phi) is 4.97. The van der Waals surface area contributed by atoms with Crippen molar-refractivity contribution in [3.63, 3.8) is 0 Å². The predicted molar refractivity (Wildman–Crippen MR) is 100 cm³/mol. The fraction of sp³-hybridized carbons (Fsp3) is 0.111. The molecule has 25 heavy (non-hydrogen) atoms. The van der Waals surface area contributed by atoms with Crippen LogP contribution in [-0.4, -0.2) is 16.8 Å². The summed E-state index contributed by atoms with van der Waals surface area (Å²) >= 11 is 12.3. The van der Waals surface area contributed by atoms with Gasteiger partial charge in [0.25, 0.3) is 5.91 Å². The minimum Gasteiger partial charge on any atom is -0.349 e. The standard InChI is InChI=1S/C18H15Cl2N3O2/c1-10(24)22-13-4-2-3-11(7-13)9-21-18(25)17-16(20)14-8-12(19)5-6-15(14)23-17/h2-8,23H,9H2,1H3,(H,21,25)(H,22,24). The van der Waals surface area contributed by atoms with Gasteiger partial charge >= 0.3 is 0 Å². The van der Waals surface area contributed by atoms with E-state index in [4.69, 9.17) is 23.2 Å². The van der Waals surface area contributed by atoms with Gasteiger partial charge in [0.15, 0.2) is 0 Å². The smallest absolute Gasteiger partial charge is 0.269 e. The third-order valence-corrected chi connectivity index (χ3v) is 4.25. The highest BCUT2D eigenvalue weighted by molar-refractivity contribution is 6.39. The van der Waals surface area contributed by atoms with Crippen LogP contribution in [0.1, 0.15) is 23.0 Å². The van der Waals surface area contributed by atoms with Gasteiger partial charge in [-0.2, -0.15) is 0 Å². The molecular formula is C18H15Cl2N3O2. The first-order chi connectivity index (χ1) is 11.9. The van der Waals surface area contributed by atoms with E-state index in [2.05, 4.69) is 15.6 Å². The minimum absolute atomic E-state index is 0.148. The van der Waals surface area contributed by atoms with E-state index in [1.165, 1.54) is 6.92 Å². The van der Waals surface area contributed by atoms with Crippen LogP contribution in [0.3, 0.4) is 0 Å². The van der Waals surface area contributed by atoms with Gasteiger partial charge in [-0.1, -0.05) is 35.3 Å². The van der Waals surface area contributed by atoms with Crippen LogP contribution in [0.2, 0.25) is 10.0 Å². The van der Waals surface area contributed by atoms with Crippen molar-refractivity contribution in [1.82, 2.24) is 10.3 Å². The lowest BCUT2D eigenvalue weighted by Crippen LogP contribution is -2.23. The van der Waals surface area contributed by atoms with Crippen LogP contribution >= 0.6 is 23.2 Å². The lowest BCUT2D eigenvalue weighted by molar-refractivity contribution is -0.114. The summed E-state index contributed by atoms with van der Waals surface area (Å²) in [4.78, 5) is 26.5. The van der Waals surface area contributed by atoms with Crippen molar-refractivity contribution in [2.24, 2.45) is 0 Å².